The molecule has 0 unspecified atom stereocenters. The quantitative estimate of drug-likeness (QED) is 0.375. The van der Waals surface area contributed by atoms with Gasteiger partial charge in [-0.05, 0) is 46.6 Å². The topological polar surface area (TPSA) is 133 Å². The Hall–Kier alpha value is -2.46. The van der Waals surface area contributed by atoms with Crippen molar-refractivity contribution in [1.82, 2.24) is 24.9 Å². The number of allylic oxidation sites excluding steroid dienone is 1. The highest BCUT2D eigenvalue weighted by Crippen LogP contribution is 2.33. The molecule has 0 aliphatic carbocycles. The highest BCUT2D eigenvalue weighted by atomic mass is 33.1. The summed E-state index contributed by atoms with van der Waals surface area (Å²) in [5.41, 5.74) is 7.17. The molecule has 3 heterocycles. The van der Waals surface area contributed by atoms with E-state index in [0.29, 0.717) is 26.9 Å². The van der Waals surface area contributed by atoms with Gasteiger partial charge in [0.25, 0.3) is 11.1 Å². The zero-order valence-electron chi connectivity index (χ0n) is 14.3. The van der Waals surface area contributed by atoms with Crippen LogP contribution in [0, 0.1) is 0 Å². The summed E-state index contributed by atoms with van der Waals surface area (Å²) in [5, 5.41) is 1.28. The minimum absolute atomic E-state index is 0.162. The molecule has 0 radical (unpaired) electrons. The zero-order chi connectivity index (χ0) is 18.7. The molecule has 0 atom stereocenters. The van der Waals surface area contributed by atoms with Crippen molar-refractivity contribution in [3.8, 4) is 0 Å². The summed E-state index contributed by atoms with van der Waals surface area (Å²) in [5.74, 6) is 0.162. The fourth-order valence-electron chi connectivity index (χ4n) is 2.28. The molecule has 0 aliphatic heterocycles. The lowest BCUT2D eigenvalue weighted by atomic mass is 10.2. The molecule has 3 aromatic heterocycles. The highest BCUT2D eigenvalue weighted by molar-refractivity contribution is 8.76. The van der Waals surface area contributed by atoms with Crippen LogP contribution in [0.3, 0.4) is 0 Å². The maximum absolute atomic E-state index is 12.2. The van der Waals surface area contributed by atoms with Crippen LogP contribution in [0.2, 0.25) is 0 Å². The second kappa shape index (κ2) is 7.83. The number of nitrogen functional groups attached to an aromatic ring is 1. The monoisotopic (exact) mass is 390 g/mol. The van der Waals surface area contributed by atoms with Crippen LogP contribution >= 0.6 is 21.6 Å². The van der Waals surface area contributed by atoms with E-state index in [1.54, 1.807) is 12.1 Å². The molecule has 3 aromatic rings. The molecule has 0 saturated heterocycles. The predicted octanol–water partition coefficient (Wildman–Crippen LogP) is 2.70. The van der Waals surface area contributed by atoms with Crippen LogP contribution in [-0.4, -0.2) is 24.9 Å². The molecular weight excluding hydrogens is 372 g/mol. The lowest BCUT2D eigenvalue weighted by Gasteiger charge is -2.03. The van der Waals surface area contributed by atoms with E-state index < -0.39 is 0 Å². The van der Waals surface area contributed by atoms with E-state index >= 15 is 0 Å². The summed E-state index contributed by atoms with van der Waals surface area (Å²) in [6, 6.07) is 1.80. The van der Waals surface area contributed by atoms with Crippen LogP contribution in [0.25, 0.3) is 17.1 Å². The Morgan fingerprint density at radius 3 is 2.42 bits per heavy atom. The SMILES string of the molecule is CC/C=C/c1c(N)nc(SSc2nc3[nH]c(CC)cc3c(=O)[nH]2)[nH]c1=O. The number of nitrogens with zero attached hydrogens (tertiary/aromatic N) is 2. The number of hydrogen-bond acceptors (Lipinski definition) is 7. The van der Waals surface area contributed by atoms with Crippen molar-refractivity contribution in [2.24, 2.45) is 0 Å². The summed E-state index contributed by atoms with van der Waals surface area (Å²) < 4.78 is 0. The molecule has 0 aromatic carbocycles. The average molecular weight is 390 g/mol. The first-order chi connectivity index (χ1) is 12.5. The molecule has 0 aliphatic rings. The van der Waals surface area contributed by atoms with Crippen LogP contribution in [0.5, 0.6) is 0 Å². The molecule has 0 spiro atoms. The molecule has 0 fully saturated rings. The number of nitrogens with one attached hydrogen (secondary N) is 3. The van der Waals surface area contributed by atoms with Gasteiger partial charge >= 0.3 is 0 Å². The third kappa shape index (κ3) is 3.86. The number of hydrogen-bond donors (Lipinski definition) is 4. The van der Waals surface area contributed by atoms with Gasteiger partial charge in [0, 0.05) is 5.69 Å². The molecule has 136 valence electrons. The number of aromatic nitrogens is 5. The maximum atomic E-state index is 12.2. The third-order valence-electron chi connectivity index (χ3n) is 3.59. The van der Waals surface area contributed by atoms with Gasteiger partial charge in [-0.2, -0.15) is 0 Å². The van der Waals surface area contributed by atoms with Crippen LogP contribution in [-0.2, 0) is 6.42 Å². The van der Waals surface area contributed by atoms with E-state index in [9.17, 15) is 9.59 Å². The van der Waals surface area contributed by atoms with E-state index in [4.69, 9.17) is 5.73 Å². The number of rotatable bonds is 6. The molecule has 10 heteroatoms. The number of H-pyrrole nitrogens is 3. The molecule has 26 heavy (non-hydrogen) atoms. The van der Waals surface area contributed by atoms with Crippen molar-refractivity contribution >= 4 is 44.5 Å². The van der Waals surface area contributed by atoms with Crippen molar-refractivity contribution in [1.29, 1.82) is 0 Å². The molecule has 5 N–H and O–H groups in total. The Labute approximate surface area is 156 Å². The van der Waals surface area contributed by atoms with Crippen LogP contribution in [0.1, 0.15) is 31.5 Å². The molecule has 8 nitrogen and oxygen atoms in total. The number of fused-ring (bicyclic) bond motifs is 1. The fourth-order valence-corrected chi connectivity index (χ4v) is 3.91. The Balaban J connectivity index is 1.83. The molecular formula is C16H18N6O2S2. The van der Waals surface area contributed by atoms with Crippen molar-refractivity contribution in [2.75, 3.05) is 5.73 Å². The van der Waals surface area contributed by atoms with Crippen LogP contribution in [0.4, 0.5) is 5.82 Å². The van der Waals surface area contributed by atoms with Gasteiger partial charge in [-0.15, -0.1) is 0 Å². The standard InChI is InChI=1S/C16H18N6O2S2/c1-3-5-6-9-11(17)19-15(21-13(9)23)25-26-16-20-12-10(14(24)22-16)7-8(4-2)18-12/h5-7H,3-4H2,1-2H3,(H3,17,19,21,23)(H2,18,20,22,24)/b6-5+. The molecule has 0 saturated carbocycles. The predicted molar refractivity (Wildman–Crippen MR) is 106 cm³/mol. The molecule has 3 rings (SSSR count). The lowest BCUT2D eigenvalue weighted by molar-refractivity contribution is 0.944. The van der Waals surface area contributed by atoms with Crippen molar-refractivity contribution in [3.63, 3.8) is 0 Å². The van der Waals surface area contributed by atoms with E-state index in [2.05, 4.69) is 24.9 Å². The van der Waals surface area contributed by atoms with E-state index in [0.717, 1.165) is 29.3 Å². The maximum Gasteiger partial charge on any atom is 0.261 e. The second-order valence-corrected chi connectivity index (χ2v) is 7.54. The van der Waals surface area contributed by atoms with E-state index in [-0.39, 0.29) is 16.9 Å². The largest absolute Gasteiger partial charge is 0.383 e. The van der Waals surface area contributed by atoms with Gasteiger partial charge in [0.15, 0.2) is 10.3 Å². The van der Waals surface area contributed by atoms with E-state index in [1.807, 2.05) is 19.9 Å². The highest BCUT2D eigenvalue weighted by Gasteiger charge is 2.11. The Morgan fingerprint density at radius 2 is 1.77 bits per heavy atom. The number of anilines is 1. The van der Waals surface area contributed by atoms with Gasteiger partial charge in [-0.25, -0.2) is 9.97 Å². The van der Waals surface area contributed by atoms with Gasteiger partial charge in [-0.1, -0.05) is 19.9 Å². The van der Waals surface area contributed by atoms with Gasteiger partial charge in [-0.3, -0.25) is 9.59 Å². The van der Waals surface area contributed by atoms with E-state index in [1.165, 1.54) is 10.8 Å². The molecule has 0 amide bonds. The van der Waals surface area contributed by atoms with Crippen LogP contribution < -0.4 is 16.9 Å². The third-order valence-corrected chi connectivity index (χ3v) is 5.58. The minimum Gasteiger partial charge on any atom is -0.383 e. The Kier molecular flexibility index (Phi) is 5.52. The number of nitrogens with two attached hydrogens (primary N) is 1. The first kappa shape index (κ1) is 18.3. The Bertz CT molecular complexity index is 1080. The average Bonchev–Trinajstić information content (AvgIpc) is 3.03. The van der Waals surface area contributed by atoms with Gasteiger partial charge in [0.05, 0.1) is 10.9 Å². The van der Waals surface area contributed by atoms with Crippen molar-refractivity contribution in [2.45, 2.75) is 37.0 Å². The van der Waals surface area contributed by atoms with Crippen molar-refractivity contribution < 1.29 is 0 Å². The zero-order valence-corrected chi connectivity index (χ0v) is 15.9. The van der Waals surface area contributed by atoms with Crippen LogP contribution in [0.15, 0.2) is 32.0 Å². The first-order valence-corrected chi connectivity index (χ1v) is 10.2. The normalized spacial score (nSPS) is 11.6. The van der Waals surface area contributed by atoms with Gasteiger partial charge in [0.1, 0.15) is 11.5 Å². The van der Waals surface area contributed by atoms with Gasteiger partial charge in [0.2, 0.25) is 0 Å². The van der Waals surface area contributed by atoms with Gasteiger partial charge < -0.3 is 20.7 Å². The minimum atomic E-state index is -0.306. The summed E-state index contributed by atoms with van der Waals surface area (Å²) in [4.78, 5) is 41.4. The smallest absolute Gasteiger partial charge is 0.261 e. The summed E-state index contributed by atoms with van der Waals surface area (Å²) >= 11 is 0. The fraction of sp³-hybridized carbons (Fsp3) is 0.250. The Morgan fingerprint density at radius 1 is 1.08 bits per heavy atom. The number of aryl methyl sites for hydroxylation is 1. The van der Waals surface area contributed by atoms with Crippen molar-refractivity contribution in [3.05, 3.63) is 44.1 Å². The molecule has 0 bridgehead atoms. The first-order valence-electron chi connectivity index (χ1n) is 8.04. The summed E-state index contributed by atoms with van der Waals surface area (Å²) in [7, 11) is 2.35. The lowest BCUT2D eigenvalue weighted by Crippen LogP contribution is -2.15. The summed E-state index contributed by atoms with van der Waals surface area (Å²) in [6.07, 6.45) is 5.09. The number of aromatic amines is 3. The second-order valence-electron chi connectivity index (χ2n) is 5.43. The summed E-state index contributed by atoms with van der Waals surface area (Å²) in [6.45, 7) is 3.96.